The molecule has 0 atom stereocenters. The second kappa shape index (κ2) is 8.39. The Hall–Kier alpha value is -1.07. The molecule has 2 heterocycles. The van der Waals surface area contributed by atoms with E-state index in [9.17, 15) is 0 Å². The Labute approximate surface area is 132 Å². The summed E-state index contributed by atoms with van der Waals surface area (Å²) < 4.78 is 0. The summed E-state index contributed by atoms with van der Waals surface area (Å²) in [5, 5.41) is 11.2. The van der Waals surface area contributed by atoms with E-state index in [1.807, 2.05) is 0 Å². The van der Waals surface area contributed by atoms with Gasteiger partial charge in [0.15, 0.2) is 5.96 Å². The molecule has 1 aromatic rings. The predicted molar refractivity (Wildman–Crippen MR) is 92.0 cm³/mol. The van der Waals surface area contributed by atoms with Crippen LogP contribution in [-0.4, -0.2) is 42.6 Å². The van der Waals surface area contributed by atoms with Crippen LogP contribution in [-0.2, 0) is 6.54 Å². The van der Waals surface area contributed by atoms with Gasteiger partial charge < -0.3 is 15.5 Å². The maximum Gasteiger partial charge on any atom is 0.191 e. The van der Waals surface area contributed by atoms with E-state index in [-0.39, 0.29) is 0 Å². The van der Waals surface area contributed by atoms with Crippen molar-refractivity contribution in [2.45, 2.75) is 52.2 Å². The van der Waals surface area contributed by atoms with Crippen molar-refractivity contribution in [1.82, 2.24) is 15.5 Å². The molecule has 0 unspecified atom stereocenters. The van der Waals surface area contributed by atoms with Crippen LogP contribution in [0, 0.1) is 0 Å². The molecule has 0 aliphatic carbocycles. The number of nitrogens with zero attached hydrogens (tertiary/aromatic N) is 2. The van der Waals surface area contributed by atoms with Gasteiger partial charge in [-0.05, 0) is 56.0 Å². The van der Waals surface area contributed by atoms with Gasteiger partial charge in [-0.25, -0.2) is 4.99 Å². The highest BCUT2D eigenvalue weighted by molar-refractivity contribution is 7.07. The van der Waals surface area contributed by atoms with Gasteiger partial charge in [0, 0.05) is 31.7 Å². The lowest BCUT2D eigenvalue weighted by Gasteiger charge is -2.35. The fourth-order valence-electron chi connectivity index (χ4n) is 2.63. The second-order valence-electron chi connectivity index (χ2n) is 5.88. The molecule has 2 rings (SSSR count). The summed E-state index contributed by atoms with van der Waals surface area (Å²) in [6.07, 6.45) is 2.39. The molecular formula is C16H28N4S. The summed E-state index contributed by atoms with van der Waals surface area (Å²) in [6.45, 7) is 10.7. The van der Waals surface area contributed by atoms with Crippen LogP contribution >= 0.6 is 11.3 Å². The number of rotatable bonds is 5. The Morgan fingerprint density at radius 3 is 2.76 bits per heavy atom. The fourth-order valence-corrected chi connectivity index (χ4v) is 3.29. The van der Waals surface area contributed by atoms with Crippen LogP contribution in [0.2, 0.25) is 0 Å². The van der Waals surface area contributed by atoms with E-state index in [0.717, 1.165) is 19.0 Å². The zero-order valence-electron chi connectivity index (χ0n) is 13.4. The van der Waals surface area contributed by atoms with Crippen molar-refractivity contribution in [1.29, 1.82) is 0 Å². The first-order chi connectivity index (χ1) is 10.2. The highest BCUT2D eigenvalue weighted by atomic mass is 32.1. The van der Waals surface area contributed by atoms with E-state index in [4.69, 9.17) is 4.99 Å². The normalized spacial score (nSPS) is 18.2. The van der Waals surface area contributed by atoms with Crippen molar-refractivity contribution in [2.75, 3.05) is 19.6 Å². The van der Waals surface area contributed by atoms with Crippen molar-refractivity contribution in [3.05, 3.63) is 22.4 Å². The number of aliphatic imine (C=N–C) groups is 1. The van der Waals surface area contributed by atoms with E-state index in [1.54, 1.807) is 11.3 Å². The Morgan fingerprint density at radius 2 is 2.19 bits per heavy atom. The second-order valence-corrected chi connectivity index (χ2v) is 6.66. The van der Waals surface area contributed by atoms with Crippen molar-refractivity contribution in [2.24, 2.45) is 4.99 Å². The van der Waals surface area contributed by atoms with E-state index < -0.39 is 0 Å². The SMILES string of the molecule is CCNC(=NCc1ccsc1)NC1CCN(C(C)C)CC1. The highest BCUT2D eigenvalue weighted by Gasteiger charge is 2.21. The van der Waals surface area contributed by atoms with Crippen LogP contribution in [0.15, 0.2) is 21.8 Å². The first-order valence-corrected chi connectivity index (χ1v) is 8.93. The summed E-state index contributed by atoms with van der Waals surface area (Å²) in [6, 6.07) is 3.34. The minimum atomic E-state index is 0.542. The first-order valence-electron chi connectivity index (χ1n) is 7.99. The average Bonchev–Trinajstić information content (AvgIpc) is 2.99. The zero-order chi connectivity index (χ0) is 15.1. The van der Waals surface area contributed by atoms with Crippen LogP contribution in [0.4, 0.5) is 0 Å². The summed E-state index contributed by atoms with van der Waals surface area (Å²) in [5.74, 6) is 0.951. The van der Waals surface area contributed by atoms with E-state index in [1.165, 1.54) is 31.5 Å². The smallest absolute Gasteiger partial charge is 0.191 e. The molecule has 1 aliphatic heterocycles. The minimum absolute atomic E-state index is 0.542. The van der Waals surface area contributed by atoms with Crippen molar-refractivity contribution in [3.8, 4) is 0 Å². The molecule has 2 N–H and O–H groups in total. The zero-order valence-corrected chi connectivity index (χ0v) is 14.2. The molecule has 0 spiro atoms. The van der Waals surface area contributed by atoms with Gasteiger partial charge in [0.25, 0.3) is 0 Å². The van der Waals surface area contributed by atoms with Crippen LogP contribution < -0.4 is 10.6 Å². The van der Waals surface area contributed by atoms with Crippen LogP contribution in [0.1, 0.15) is 39.2 Å². The topological polar surface area (TPSA) is 39.7 Å². The van der Waals surface area contributed by atoms with Gasteiger partial charge in [0.1, 0.15) is 0 Å². The number of piperidine rings is 1. The molecule has 4 nitrogen and oxygen atoms in total. The molecule has 0 radical (unpaired) electrons. The van der Waals surface area contributed by atoms with Gasteiger partial charge in [-0.15, -0.1) is 0 Å². The maximum absolute atomic E-state index is 4.69. The van der Waals surface area contributed by atoms with E-state index in [0.29, 0.717) is 12.1 Å². The number of guanidine groups is 1. The maximum atomic E-state index is 4.69. The third-order valence-corrected chi connectivity index (χ3v) is 4.68. The van der Waals surface area contributed by atoms with Crippen LogP contribution in [0.3, 0.4) is 0 Å². The van der Waals surface area contributed by atoms with Crippen molar-refractivity contribution >= 4 is 17.3 Å². The monoisotopic (exact) mass is 308 g/mol. The molecule has 5 heteroatoms. The standard InChI is InChI=1S/C16H28N4S/c1-4-17-16(18-11-14-7-10-21-12-14)19-15-5-8-20(9-6-15)13(2)3/h7,10,12-13,15H,4-6,8-9,11H2,1-3H3,(H2,17,18,19). The summed E-state index contributed by atoms with van der Waals surface area (Å²) >= 11 is 1.73. The third kappa shape index (κ3) is 5.32. The molecule has 0 saturated carbocycles. The highest BCUT2D eigenvalue weighted by Crippen LogP contribution is 2.13. The quantitative estimate of drug-likeness (QED) is 0.649. The minimum Gasteiger partial charge on any atom is -0.357 e. The number of nitrogens with one attached hydrogen (secondary N) is 2. The summed E-state index contributed by atoms with van der Waals surface area (Å²) in [7, 11) is 0. The lowest BCUT2D eigenvalue weighted by Crippen LogP contribution is -2.49. The molecule has 0 bridgehead atoms. The molecule has 21 heavy (non-hydrogen) atoms. The van der Waals surface area contributed by atoms with Crippen LogP contribution in [0.5, 0.6) is 0 Å². The molecule has 0 aromatic carbocycles. The Morgan fingerprint density at radius 1 is 1.43 bits per heavy atom. The molecule has 1 saturated heterocycles. The first kappa shape index (κ1) is 16.3. The molecule has 118 valence electrons. The molecule has 1 aromatic heterocycles. The largest absolute Gasteiger partial charge is 0.357 e. The van der Waals surface area contributed by atoms with Gasteiger partial charge in [0.2, 0.25) is 0 Å². The fraction of sp³-hybridized carbons (Fsp3) is 0.688. The Balaban J connectivity index is 1.84. The number of thiophene rings is 1. The van der Waals surface area contributed by atoms with Gasteiger partial charge in [-0.3, -0.25) is 0 Å². The van der Waals surface area contributed by atoms with Gasteiger partial charge in [0.05, 0.1) is 6.54 Å². The van der Waals surface area contributed by atoms with E-state index >= 15 is 0 Å². The average molecular weight is 308 g/mol. The number of hydrogen-bond acceptors (Lipinski definition) is 3. The lowest BCUT2D eigenvalue weighted by atomic mass is 10.0. The molecular weight excluding hydrogens is 280 g/mol. The van der Waals surface area contributed by atoms with Gasteiger partial charge >= 0.3 is 0 Å². The molecule has 0 amide bonds. The predicted octanol–water partition coefficient (Wildman–Crippen LogP) is 2.68. The van der Waals surface area contributed by atoms with E-state index in [2.05, 4.69) is 53.1 Å². The van der Waals surface area contributed by atoms with Gasteiger partial charge in [-0.1, -0.05) is 0 Å². The lowest BCUT2D eigenvalue weighted by molar-refractivity contribution is 0.167. The number of hydrogen-bond donors (Lipinski definition) is 2. The number of likely N-dealkylation sites (tertiary alicyclic amines) is 1. The van der Waals surface area contributed by atoms with Crippen molar-refractivity contribution in [3.63, 3.8) is 0 Å². The van der Waals surface area contributed by atoms with Crippen LogP contribution in [0.25, 0.3) is 0 Å². The summed E-state index contributed by atoms with van der Waals surface area (Å²) in [5.41, 5.74) is 1.28. The Kier molecular flexibility index (Phi) is 6.51. The molecule has 1 fully saturated rings. The Bertz CT molecular complexity index is 419. The third-order valence-electron chi connectivity index (χ3n) is 3.94. The van der Waals surface area contributed by atoms with Crippen molar-refractivity contribution < 1.29 is 0 Å². The van der Waals surface area contributed by atoms with Gasteiger partial charge in [-0.2, -0.15) is 11.3 Å². The summed E-state index contributed by atoms with van der Waals surface area (Å²) in [4.78, 5) is 7.24. The molecule has 1 aliphatic rings.